The molecule has 2 N–H and O–H groups in total. The lowest BCUT2D eigenvalue weighted by Crippen LogP contribution is -2.05. The lowest BCUT2D eigenvalue weighted by atomic mass is 9.99. The summed E-state index contributed by atoms with van der Waals surface area (Å²) < 4.78 is 0. The zero-order chi connectivity index (χ0) is 11.2. The molecule has 1 aromatic rings. The van der Waals surface area contributed by atoms with Crippen LogP contribution in [0.25, 0.3) is 0 Å². The minimum absolute atomic E-state index is 0.399. The largest absolute Gasteiger partial charge is 0.330 e. The van der Waals surface area contributed by atoms with Crippen LogP contribution in [-0.2, 0) is 0 Å². The summed E-state index contributed by atoms with van der Waals surface area (Å²) in [5.74, 6) is 1.33. The molecule has 0 amide bonds. The molecule has 0 unspecified atom stereocenters. The maximum Gasteiger partial charge on any atom is -0.00375 e. The van der Waals surface area contributed by atoms with Crippen molar-refractivity contribution in [2.24, 2.45) is 17.1 Å². The van der Waals surface area contributed by atoms with Crippen LogP contribution < -0.4 is 5.73 Å². The first-order chi connectivity index (χ1) is 6.98. The van der Waals surface area contributed by atoms with Gasteiger partial charge in [0.05, 0.1) is 0 Å². The van der Waals surface area contributed by atoms with E-state index in [1.807, 2.05) is 0 Å². The third kappa shape index (κ3) is 1.59. The number of benzene rings is 1. The summed E-state index contributed by atoms with van der Waals surface area (Å²) in [5.41, 5.74) is 10.4. The molecular formula is C14H21N. The van der Waals surface area contributed by atoms with Crippen molar-refractivity contribution in [3.8, 4) is 0 Å². The molecule has 0 spiro atoms. The molecule has 15 heavy (non-hydrogen) atoms. The van der Waals surface area contributed by atoms with Crippen LogP contribution in [0.2, 0.25) is 0 Å². The number of hydrogen-bond donors (Lipinski definition) is 1. The Bertz CT molecular complexity index is 379. The van der Waals surface area contributed by atoms with Gasteiger partial charge in [0.2, 0.25) is 0 Å². The SMILES string of the molecule is Cc1ccc([C@@H]2[C@@H](CN)C2(C)C)cc1C. The molecule has 1 nitrogen and oxygen atoms in total. The Morgan fingerprint density at radius 1 is 1.20 bits per heavy atom. The molecule has 2 atom stereocenters. The van der Waals surface area contributed by atoms with Crippen molar-refractivity contribution in [1.82, 2.24) is 0 Å². The normalized spacial score (nSPS) is 27.8. The Morgan fingerprint density at radius 2 is 1.87 bits per heavy atom. The highest BCUT2D eigenvalue weighted by Crippen LogP contribution is 2.63. The molecule has 1 aliphatic carbocycles. The highest BCUT2D eigenvalue weighted by atomic mass is 14.7. The summed E-state index contributed by atoms with van der Waals surface area (Å²) in [6, 6.07) is 6.83. The number of aryl methyl sites for hydroxylation is 2. The van der Waals surface area contributed by atoms with Crippen LogP contribution in [0.3, 0.4) is 0 Å². The Labute approximate surface area is 92.7 Å². The van der Waals surface area contributed by atoms with Gasteiger partial charge in [-0.3, -0.25) is 0 Å². The van der Waals surface area contributed by atoms with Crippen molar-refractivity contribution in [1.29, 1.82) is 0 Å². The summed E-state index contributed by atoms with van der Waals surface area (Å²) in [4.78, 5) is 0. The molecular weight excluding hydrogens is 182 g/mol. The van der Waals surface area contributed by atoms with E-state index in [0.717, 1.165) is 6.54 Å². The fourth-order valence-corrected chi connectivity index (χ4v) is 2.80. The molecule has 0 aliphatic heterocycles. The lowest BCUT2D eigenvalue weighted by Gasteiger charge is -2.06. The first kappa shape index (κ1) is 10.7. The van der Waals surface area contributed by atoms with Crippen LogP contribution in [0.15, 0.2) is 18.2 Å². The van der Waals surface area contributed by atoms with Crippen molar-refractivity contribution >= 4 is 0 Å². The summed E-state index contributed by atoms with van der Waals surface area (Å²) in [6.45, 7) is 9.81. The quantitative estimate of drug-likeness (QED) is 0.785. The minimum atomic E-state index is 0.399. The molecule has 82 valence electrons. The van der Waals surface area contributed by atoms with E-state index in [1.165, 1.54) is 16.7 Å². The number of rotatable bonds is 2. The van der Waals surface area contributed by atoms with Gasteiger partial charge in [0.1, 0.15) is 0 Å². The second-order valence-electron chi connectivity index (χ2n) is 5.48. The summed E-state index contributed by atoms with van der Waals surface area (Å²) in [5, 5.41) is 0. The monoisotopic (exact) mass is 203 g/mol. The summed E-state index contributed by atoms with van der Waals surface area (Å²) in [7, 11) is 0. The molecule has 1 aliphatic rings. The summed E-state index contributed by atoms with van der Waals surface area (Å²) in [6.07, 6.45) is 0. The van der Waals surface area contributed by atoms with Crippen LogP contribution in [0, 0.1) is 25.2 Å². The third-order valence-corrected chi connectivity index (χ3v) is 4.19. The van der Waals surface area contributed by atoms with Gasteiger partial charge in [-0.25, -0.2) is 0 Å². The van der Waals surface area contributed by atoms with Crippen LogP contribution in [0.1, 0.15) is 36.5 Å². The Morgan fingerprint density at radius 3 is 2.33 bits per heavy atom. The van der Waals surface area contributed by atoms with Gasteiger partial charge in [-0.05, 0) is 54.3 Å². The van der Waals surface area contributed by atoms with E-state index < -0.39 is 0 Å². The van der Waals surface area contributed by atoms with Crippen molar-refractivity contribution in [3.05, 3.63) is 34.9 Å². The van der Waals surface area contributed by atoms with E-state index in [-0.39, 0.29) is 0 Å². The van der Waals surface area contributed by atoms with Gasteiger partial charge < -0.3 is 5.73 Å². The standard InChI is InChI=1S/C14H21N/c1-9-5-6-11(7-10(9)2)13-12(8-15)14(13,3)4/h5-7,12-13H,8,15H2,1-4H3/t12-,13-/m1/s1. The van der Waals surface area contributed by atoms with Crippen molar-refractivity contribution in [3.63, 3.8) is 0 Å². The van der Waals surface area contributed by atoms with E-state index in [4.69, 9.17) is 5.73 Å². The topological polar surface area (TPSA) is 26.0 Å². The average Bonchev–Trinajstić information content (AvgIpc) is 2.73. The van der Waals surface area contributed by atoms with Gasteiger partial charge in [-0.15, -0.1) is 0 Å². The molecule has 0 bridgehead atoms. The zero-order valence-electron chi connectivity index (χ0n) is 10.2. The predicted octanol–water partition coefficient (Wildman–Crippen LogP) is 3.00. The average molecular weight is 203 g/mol. The maximum atomic E-state index is 5.81. The van der Waals surface area contributed by atoms with E-state index >= 15 is 0 Å². The molecule has 0 heterocycles. The predicted molar refractivity (Wildman–Crippen MR) is 65.0 cm³/mol. The molecule has 0 aromatic heterocycles. The van der Waals surface area contributed by atoms with Crippen LogP contribution >= 0.6 is 0 Å². The van der Waals surface area contributed by atoms with Gasteiger partial charge in [-0.1, -0.05) is 32.0 Å². The van der Waals surface area contributed by atoms with Crippen LogP contribution in [0.4, 0.5) is 0 Å². The van der Waals surface area contributed by atoms with Gasteiger partial charge >= 0.3 is 0 Å². The highest BCUT2D eigenvalue weighted by molar-refractivity contribution is 5.37. The van der Waals surface area contributed by atoms with Crippen molar-refractivity contribution in [2.75, 3.05) is 6.54 Å². The number of nitrogens with two attached hydrogens (primary N) is 1. The fourth-order valence-electron chi connectivity index (χ4n) is 2.80. The Hall–Kier alpha value is -0.820. The summed E-state index contributed by atoms with van der Waals surface area (Å²) >= 11 is 0. The smallest absolute Gasteiger partial charge is 0.00375 e. The zero-order valence-corrected chi connectivity index (χ0v) is 10.2. The molecule has 0 radical (unpaired) electrons. The second-order valence-corrected chi connectivity index (χ2v) is 5.48. The van der Waals surface area contributed by atoms with Gasteiger partial charge in [-0.2, -0.15) is 0 Å². The fraction of sp³-hybridized carbons (Fsp3) is 0.571. The molecule has 2 rings (SSSR count). The molecule has 1 aromatic carbocycles. The second kappa shape index (κ2) is 3.34. The molecule has 1 heteroatoms. The van der Waals surface area contributed by atoms with Crippen LogP contribution in [0.5, 0.6) is 0 Å². The number of hydrogen-bond acceptors (Lipinski definition) is 1. The molecule has 1 saturated carbocycles. The first-order valence-electron chi connectivity index (χ1n) is 5.75. The third-order valence-electron chi connectivity index (χ3n) is 4.19. The highest BCUT2D eigenvalue weighted by Gasteiger charge is 2.57. The first-order valence-corrected chi connectivity index (χ1v) is 5.75. The van der Waals surface area contributed by atoms with Crippen molar-refractivity contribution in [2.45, 2.75) is 33.6 Å². The minimum Gasteiger partial charge on any atom is -0.330 e. The molecule has 0 saturated heterocycles. The Balaban J connectivity index is 2.29. The van der Waals surface area contributed by atoms with E-state index in [0.29, 0.717) is 17.3 Å². The van der Waals surface area contributed by atoms with Crippen molar-refractivity contribution < 1.29 is 0 Å². The van der Waals surface area contributed by atoms with Gasteiger partial charge in [0.15, 0.2) is 0 Å². The van der Waals surface area contributed by atoms with Crippen LogP contribution in [-0.4, -0.2) is 6.54 Å². The van der Waals surface area contributed by atoms with Gasteiger partial charge in [0.25, 0.3) is 0 Å². The van der Waals surface area contributed by atoms with Gasteiger partial charge in [0, 0.05) is 0 Å². The lowest BCUT2D eigenvalue weighted by molar-refractivity contribution is 0.558. The Kier molecular flexibility index (Phi) is 2.38. The van der Waals surface area contributed by atoms with E-state index in [1.54, 1.807) is 0 Å². The maximum absolute atomic E-state index is 5.81. The van der Waals surface area contributed by atoms with E-state index in [2.05, 4.69) is 45.9 Å². The molecule has 1 fully saturated rings. The van der Waals surface area contributed by atoms with E-state index in [9.17, 15) is 0 Å².